The largest absolute Gasteiger partial charge is 0.348 e. The van der Waals surface area contributed by atoms with Crippen molar-refractivity contribution in [2.24, 2.45) is 0 Å². The Kier molecular flexibility index (Phi) is 4.62. The molecule has 1 atom stereocenters. The first-order valence-electron chi connectivity index (χ1n) is 5.78. The summed E-state index contributed by atoms with van der Waals surface area (Å²) in [6.07, 6.45) is 0. The van der Waals surface area contributed by atoms with Crippen molar-refractivity contribution in [3.63, 3.8) is 0 Å². The minimum Gasteiger partial charge on any atom is -0.348 e. The van der Waals surface area contributed by atoms with Crippen LogP contribution >= 0.6 is 0 Å². The number of carbonyl (C=O) groups excluding carboxylic acids is 1. The lowest BCUT2D eigenvalue weighted by atomic mass is 10.2. The van der Waals surface area contributed by atoms with E-state index in [1.807, 2.05) is 39.8 Å². The molecule has 1 aromatic heterocycles. The van der Waals surface area contributed by atoms with Gasteiger partial charge in [0.2, 0.25) is 5.82 Å². The molecule has 1 amide bonds. The Balaban J connectivity index is 2.52. The third kappa shape index (κ3) is 3.81. The molecule has 1 unspecified atom stereocenters. The van der Waals surface area contributed by atoms with Crippen molar-refractivity contribution in [2.45, 2.75) is 32.7 Å². The number of hydrogen-bond acceptors (Lipinski definition) is 4. The van der Waals surface area contributed by atoms with E-state index in [2.05, 4.69) is 20.5 Å². The quantitative estimate of drug-likeness (QED) is 0.789. The maximum Gasteiger partial charge on any atom is 0.291 e. The van der Waals surface area contributed by atoms with Crippen molar-refractivity contribution in [3.05, 3.63) is 11.6 Å². The average molecular weight is 239 g/mol. The van der Waals surface area contributed by atoms with E-state index in [0.29, 0.717) is 6.54 Å². The molecule has 0 aliphatic rings. The summed E-state index contributed by atoms with van der Waals surface area (Å²) in [4.78, 5) is 17.9. The van der Waals surface area contributed by atoms with Gasteiger partial charge < -0.3 is 10.2 Å². The molecule has 6 heteroatoms. The number of hydrogen-bond donors (Lipinski definition) is 2. The highest BCUT2D eigenvalue weighted by Crippen LogP contribution is 2.07. The molecule has 96 valence electrons. The van der Waals surface area contributed by atoms with Gasteiger partial charge in [0.15, 0.2) is 0 Å². The molecule has 0 aromatic carbocycles. The van der Waals surface area contributed by atoms with Gasteiger partial charge in [0.05, 0.1) is 0 Å². The maximum absolute atomic E-state index is 11.7. The third-order valence-electron chi connectivity index (χ3n) is 2.69. The molecule has 0 saturated heterocycles. The van der Waals surface area contributed by atoms with Gasteiger partial charge in [-0.25, -0.2) is 4.98 Å². The lowest BCUT2D eigenvalue weighted by molar-refractivity contribution is 0.0933. The highest BCUT2D eigenvalue weighted by atomic mass is 16.2. The van der Waals surface area contributed by atoms with Crippen molar-refractivity contribution >= 4 is 5.91 Å². The standard InChI is InChI=1S/C11H21N5O/c1-7(2)9-13-10(15-14-9)11(17)12-6-8(3)16(4)5/h7-8H,6H2,1-5H3,(H,12,17)(H,13,14,15). The van der Waals surface area contributed by atoms with Gasteiger partial charge in [0, 0.05) is 18.5 Å². The van der Waals surface area contributed by atoms with Gasteiger partial charge in [0.1, 0.15) is 5.82 Å². The van der Waals surface area contributed by atoms with E-state index < -0.39 is 0 Å². The van der Waals surface area contributed by atoms with Crippen molar-refractivity contribution in [2.75, 3.05) is 20.6 Å². The third-order valence-corrected chi connectivity index (χ3v) is 2.69. The molecule has 0 radical (unpaired) electrons. The summed E-state index contributed by atoms with van der Waals surface area (Å²) < 4.78 is 0. The summed E-state index contributed by atoms with van der Waals surface area (Å²) in [5.74, 6) is 0.946. The van der Waals surface area contributed by atoms with Gasteiger partial charge in [-0.2, -0.15) is 0 Å². The molecule has 17 heavy (non-hydrogen) atoms. The van der Waals surface area contributed by atoms with E-state index in [9.17, 15) is 4.79 Å². The summed E-state index contributed by atoms with van der Waals surface area (Å²) in [5, 5.41) is 9.47. The number of likely N-dealkylation sites (N-methyl/N-ethyl adjacent to an activating group) is 1. The van der Waals surface area contributed by atoms with Gasteiger partial charge >= 0.3 is 0 Å². The smallest absolute Gasteiger partial charge is 0.291 e. The number of rotatable bonds is 5. The van der Waals surface area contributed by atoms with Crippen molar-refractivity contribution in [1.82, 2.24) is 25.4 Å². The highest BCUT2D eigenvalue weighted by molar-refractivity contribution is 5.90. The van der Waals surface area contributed by atoms with Crippen LogP contribution in [0.2, 0.25) is 0 Å². The normalized spacial score (nSPS) is 13.1. The molecule has 0 saturated carbocycles. The number of aromatic amines is 1. The Hall–Kier alpha value is -1.43. The SMILES string of the molecule is CC(C)c1nc(C(=O)NCC(C)N(C)C)n[nH]1. The fourth-order valence-electron chi connectivity index (χ4n) is 1.14. The fourth-order valence-corrected chi connectivity index (χ4v) is 1.14. The summed E-state index contributed by atoms with van der Waals surface area (Å²) >= 11 is 0. The van der Waals surface area contributed by atoms with Crippen LogP contribution in [0.5, 0.6) is 0 Å². The molecule has 2 N–H and O–H groups in total. The minimum absolute atomic E-state index is 0.208. The first-order valence-corrected chi connectivity index (χ1v) is 5.78. The van der Waals surface area contributed by atoms with Gasteiger partial charge in [-0.15, -0.1) is 5.10 Å². The van der Waals surface area contributed by atoms with Crippen LogP contribution in [0.4, 0.5) is 0 Å². The zero-order chi connectivity index (χ0) is 13.0. The predicted octanol–water partition coefficient (Wildman–Crippen LogP) is 0.608. The van der Waals surface area contributed by atoms with Gasteiger partial charge in [-0.05, 0) is 21.0 Å². The summed E-state index contributed by atoms with van der Waals surface area (Å²) in [5.41, 5.74) is 0. The molecule has 1 heterocycles. The van der Waals surface area contributed by atoms with E-state index in [0.717, 1.165) is 5.82 Å². The molecular weight excluding hydrogens is 218 g/mol. The Morgan fingerprint density at radius 3 is 2.53 bits per heavy atom. The number of nitrogens with one attached hydrogen (secondary N) is 2. The Morgan fingerprint density at radius 1 is 1.41 bits per heavy atom. The first-order chi connectivity index (χ1) is 7.91. The second-order valence-corrected chi connectivity index (χ2v) is 4.72. The van der Waals surface area contributed by atoms with Crippen LogP contribution in [0.1, 0.15) is 43.1 Å². The zero-order valence-corrected chi connectivity index (χ0v) is 11.1. The summed E-state index contributed by atoms with van der Waals surface area (Å²) in [6, 6.07) is 0.280. The number of aromatic nitrogens is 3. The highest BCUT2D eigenvalue weighted by Gasteiger charge is 2.14. The summed E-state index contributed by atoms with van der Waals surface area (Å²) in [6.45, 7) is 6.61. The van der Waals surface area contributed by atoms with E-state index in [-0.39, 0.29) is 23.7 Å². The molecule has 1 rings (SSSR count). The van der Waals surface area contributed by atoms with Gasteiger partial charge in [-0.3, -0.25) is 9.89 Å². The molecule has 6 nitrogen and oxygen atoms in total. The summed E-state index contributed by atoms with van der Waals surface area (Å²) in [7, 11) is 3.95. The van der Waals surface area contributed by atoms with Crippen LogP contribution in [-0.2, 0) is 0 Å². The molecule has 0 spiro atoms. The van der Waals surface area contributed by atoms with Gasteiger partial charge in [0.25, 0.3) is 5.91 Å². The van der Waals surface area contributed by atoms with Crippen LogP contribution < -0.4 is 5.32 Å². The first kappa shape index (κ1) is 13.6. The second kappa shape index (κ2) is 5.77. The number of nitrogens with zero attached hydrogens (tertiary/aromatic N) is 3. The molecule has 0 aliphatic carbocycles. The Bertz CT molecular complexity index is 372. The topological polar surface area (TPSA) is 73.9 Å². The fraction of sp³-hybridized carbons (Fsp3) is 0.727. The van der Waals surface area contributed by atoms with Crippen LogP contribution in [0.3, 0.4) is 0 Å². The van der Waals surface area contributed by atoms with E-state index in [1.54, 1.807) is 0 Å². The van der Waals surface area contributed by atoms with Gasteiger partial charge in [-0.1, -0.05) is 13.8 Å². The van der Waals surface area contributed by atoms with Crippen molar-refractivity contribution in [3.8, 4) is 0 Å². The van der Waals surface area contributed by atoms with Crippen molar-refractivity contribution in [1.29, 1.82) is 0 Å². The zero-order valence-electron chi connectivity index (χ0n) is 11.1. The van der Waals surface area contributed by atoms with Crippen molar-refractivity contribution < 1.29 is 4.79 Å². The van der Waals surface area contributed by atoms with E-state index >= 15 is 0 Å². The molecule has 0 fully saturated rings. The minimum atomic E-state index is -0.234. The monoisotopic (exact) mass is 239 g/mol. The second-order valence-electron chi connectivity index (χ2n) is 4.72. The van der Waals surface area contributed by atoms with Crippen LogP contribution in [0, 0.1) is 0 Å². The van der Waals surface area contributed by atoms with Crippen LogP contribution in [-0.4, -0.2) is 52.7 Å². The van der Waals surface area contributed by atoms with Crippen LogP contribution in [0.15, 0.2) is 0 Å². The lowest BCUT2D eigenvalue weighted by Gasteiger charge is -2.19. The Labute approximate surface area is 102 Å². The molecule has 0 bridgehead atoms. The number of amides is 1. The lowest BCUT2D eigenvalue weighted by Crippen LogP contribution is -2.38. The molecule has 0 aliphatic heterocycles. The van der Waals surface area contributed by atoms with E-state index in [1.165, 1.54) is 0 Å². The number of carbonyl (C=O) groups is 1. The van der Waals surface area contributed by atoms with E-state index in [4.69, 9.17) is 0 Å². The average Bonchev–Trinajstić information content (AvgIpc) is 2.74. The molecular formula is C11H21N5O. The predicted molar refractivity (Wildman–Crippen MR) is 66.0 cm³/mol. The van der Waals surface area contributed by atoms with Crippen LogP contribution in [0.25, 0.3) is 0 Å². The Morgan fingerprint density at radius 2 is 2.06 bits per heavy atom. The molecule has 1 aromatic rings. The number of H-pyrrole nitrogens is 1. The maximum atomic E-state index is 11.7.